The summed E-state index contributed by atoms with van der Waals surface area (Å²) in [5.41, 5.74) is -1.66. The molecule has 110 valence electrons. The van der Waals surface area contributed by atoms with Crippen molar-refractivity contribution in [1.82, 2.24) is 0 Å². The van der Waals surface area contributed by atoms with E-state index in [1.54, 1.807) is 0 Å². The highest BCUT2D eigenvalue weighted by atomic mass is 19.4. The molecule has 0 aromatic heterocycles. The maximum Gasteiger partial charge on any atom is 0.418 e. The first-order chi connectivity index (χ1) is 8.88. The molecule has 1 heterocycles. The fourth-order valence-electron chi connectivity index (χ4n) is 2.42. The molecule has 2 rings (SSSR count). The molecule has 1 saturated carbocycles. The Balaban J connectivity index is 1.85. The Kier molecular flexibility index (Phi) is 4.45. The Morgan fingerprint density at radius 3 is 2.11 bits per heavy atom. The molecule has 19 heavy (non-hydrogen) atoms. The lowest BCUT2D eigenvalue weighted by Crippen LogP contribution is -2.28. The van der Waals surface area contributed by atoms with Crippen molar-refractivity contribution >= 4 is 0 Å². The maximum absolute atomic E-state index is 12.5. The Morgan fingerprint density at radius 1 is 1.11 bits per heavy atom. The lowest BCUT2D eigenvalue weighted by molar-refractivity contribution is -0.106. The number of rotatable bonds is 4. The topological polar surface area (TPSA) is 21.8 Å². The first-order valence-electron chi connectivity index (χ1n) is 6.23. The molecule has 1 aliphatic heterocycles. The van der Waals surface area contributed by atoms with Crippen LogP contribution in [0.4, 0.5) is 22.0 Å². The zero-order chi connectivity index (χ0) is 14.0. The summed E-state index contributed by atoms with van der Waals surface area (Å²) in [7, 11) is 0. The molecule has 0 spiro atoms. The molecule has 1 atom stereocenters. The van der Waals surface area contributed by atoms with Crippen LogP contribution in [-0.2, 0) is 9.47 Å². The van der Waals surface area contributed by atoms with E-state index in [1.165, 1.54) is 0 Å². The van der Waals surface area contributed by atoms with Crippen LogP contribution in [0.2, 0.25) is 0 Å². The molecule has 1 unspecified atom stereocenters. The van der Waals surface area contributed by atoms with Crippen LogP contribution in [0.5, 0.6) is 0 Å². The average Bonchev–Trinajstić information content (AvgIpc) is 3.09. The molecule has 2 fully saturated rings. The summed E-state index contributed by atoms with van der Waals surface area (Å²) in [6.07, 6.45) is -6.66. The first kappa shape index (κ1) is 14.7. The van der Waals surface area contributed by atoms with E-state index >= 15 is 0 Å². The van der Waals surface area contributed by atoms with Crippen molar-refractivity contribution in [3.8, 4) is 0 Å². The van der Waals surface area contributed by atoms with E-state index in [0.717, 1.165) is 0 Å². The minimum atomic E-state index is -4.95. The molecule has 0 radical (unpaired) electrons. The van der Waals surface area contributed by atoms with Crippen LogP contribution < -0.4 is 0 Å². The smallest absolute Gasteiger partial charge is 0.375 e. The van der Waals surface area contributed by atoms with Gasteiger partial charge in [0, 0.05) is 0 Å². The molecule has 0 amide bonds. The quantitative estimate of drug-likeness (QED) is 0.581. The lowest BCUT2D eigenvalue weighted by atomic mass is 9.82. The largest absolute Gasteiger partial charge is 0.418 e. The normalized spacial score (nSPS) is 31.1. The van der Waals surface area contributed by atoms with Crippen molar-refractivity contribution in [1.29, 1.82) is 0 Å². The van der Waals surface area contributed by atoms with Gasteiger partial charge in [-0.2, -0.15) is 22.0 Å². The molecule has 1 saturated heterocycles. The van der Waals surface area contributed by atoms with E-state index in [-0.39, 0.29) is 25.0 Å². The Labute approximate surface area is 107 Å². The molecule has 2 aliphatic rings. The van der Waals surface area contributed by atoms with Gasteiger partial charge >= 0.3 is 6.18 Å². The van der Waals surface area contributed by atoms with Gasteiger partial charge in [-0.1, -0.05) is 0 Å². The zero-order valence-corrected chi connectivity index (χ0v) is 10.2. The summed E-state index contributed by atoms with van der Waals surface area (Å²) in [4.78, 5) is 0. The van der Waals surface area contributed by atoms with Crippen molar-refractivity contribution in [2.75, 3.05) is 13.2 Å². The average molecular weight is 286 g/mol. The second-order valence-corrected chi connectivity index (χ2v) is 4.93. The van der Waals surface area contributed by atoms with Gasteiger partial charge in [0.25, 0.3) is 6.08 Å². The van der Waals surface area contributed by atoms with E-state index in [9.17, 15) is 22.0 Å². The fourth-order valence-corrected chi connectivity index (χ4v) is 2.42. The van der Waals surface area contributed by atoms with Crippen LogP contribution in [-0.4, -0.2) is 31.6 Å². The Hall–Kier alpha value is -0.690. The standard InChI is InChI=1S/C12H15F5O2/c13-11(14)10(12(15,16)17)7-1-3-8(4-2-7)18-5-9-6-19-9/h7-9H,1-6H2. The van der Waals surface area contributed by atoms with Crippen LogP contribution in [0.25, 0.3) is 0 Å². The highest BCUT2D eigenvalue weighted by molar-refractivity contribution is 5.14. The minimum Gasteiger partial charge on any atom is -0.375 e. The third kappa shape index (κ3) is 4.14. The molecule has 0 aromatic carbocycles. The highest BCUT2D eigenvalue weighted by Gasteiger charge is 2.43. The molecule has 0 N–H and O–H groups in total. The van der Waals surface area contributed by atoms with Crippen LogP contribution in [0.1, 0.15) is 25.7 Å². The second kappa shape index (κ2) is 5.75. The summed E-state index contributed by atoms with van der Waals surface area (Å²) in [5.74, 6) is -1.11. The van der Waals surface area contributed by atoms with Crippen molar-refractivity contribution in [2.24, 2.45) is 5.92 Å². The van der Waals surface area contributed by atoms with Crippen LogP contribution in [0, 0.1) is 5.92 Å². The molecule has 2 nitrogen and oxygen atoms in total. The Bertz CT molecular complexity index is 337. The molecule has 0 aromatic rings. The summed E-state index contributed by atoms with van der Waals surface area (Å²) in [6.45, 7) is 1.10. The molecule has 1 aliphatic carbocycles. The minimum absolute atomic E-state index is 0.0857. The fraction of sp³-hybridized carbons (Fsp3) is 0.833. The van der Waals surface area contributed by atoms with E-state index < -0.39 is 23.7 Å². The number of alkyl halides is 3. The van der Waals surface area contributed by atoms with Crippen molar-refractivity contribution in [2.45, 2.75) is 44.1 Å². The SMILES string of the molecule is FC(F)=C(C1CCC(OCC2CO2)CC1)C(F)(F)F. The number of ether oxygens (including phenoxy) is 2. The van der Waals surface area contributed by atoms with E-state index in [4.69, 9.17) is 9.47 Å². The van der Waals surface area contributed by atoms with Crippen LogP contribution in [0.15, 0.2) is 11.7 Å². The number of halogens is 5. The summed E-state index contributed by atoms with van der Waals surface area (Å²) in [5, 5.41) is 0. The van der Waals surface area contributed by atoms with Gasteiger partial charge in [-0.3, -0.25) is 0 Å². The van der Waals surface area contributed by atoms with Gasteiger partial charge in [-0.05, 0) is 31.6 Å². The number of hydrogen-bond acceptors (Lipinski definition) is 2. The predicted octanol–water partition coefficient (Wildman–Crippen LogP) is 3.67. The molecule has 0 bridgehead atoms. The Morgan fingerprint density at radius 2 is 1.68 bits per heavy atom. The summed E-state index contributed by atoms with van der Waals surface area (Å²) >= 11 is 0. The van der Waals surface area contributed by atoms with E-state index in [1.807, 2.05) is 0 Å². The van der Waals surface area contributed by atoms with E-state index in [2.05, 4.69) is 0 Å². The monoisotopic (exact) mass is 286 g/mol. The van der Waals surface area contributed by atoms with Gasteiger partial charge < -0.3 is 9.47 Å². The number of allylic oxidation sites excluding steroid dienone is 1. The van der Waals surface area contributed by atoms with E-state index in [0.29, 0.717) is 26.1 Å². The third-order valence-electron chi connectivity index (χ3n) is 3.51. The van der Waals surface area contributed by atoms with Gasteiger partial charge in [-0.25, -0.2) is 0 Å². The second-order valence-electron chi connectivity index (χ2n) is 4.93. The number of epoxide rings is 1. The van der Waals surface area contributed by atoms with Crippen LogP contribution in [0.3, 0.4) is 0 Å². The van der Waals surface area contributed by atoms with Gasteiger partial charge in [0.2, 0.25) is 0 Å². The predicted molar refractivity (Wildman–Crippen MR) is 56.7 cm³/mol. The number of hydrogen-bond donors (Lipinski definition) is 0. The molecule has 7 heteroatoms. The summed E-state index contributed by atoms with van der Waals surface area (Å²) < 4.78 is 72.9. The van der Waals surface area contributed by atoms with Crippen molar-refractivity contribution in [3.05, 3.63) is 11.7 Å². The maximum atomic E-state index is 12.5. The third-order valence-corrected chi connectivity index (χ3v) is 3.51. The first-order valence-corrected chi connectivity index (χ1v) is 6.23. The summed E-state index contributed by atoms with van der Waals surface area (Å²) in [6, 6.07) is 0. The molecular weight excluding hydrogens is 271 g/mol. The van der Waals surface area contributed by atoms with Crippen molar-refractivity contribution < 1.29 is 31.4 Å². The van der Waals surface area contributed by atoms with Crippen LogP contribution >= 0.6 is 0 Å². The highest BCUT2D eigenvalue weighted by Crippen LogP contribution is 2.42. The van der Waals surface area contributed by atoms with Crippen molar-refractivity contribution in [3.63, 3.8) is 0 Å². The van der Waals surface area contributed by atoms with Gasteiger partial charge in [0.05, 0.1) is 19.3 Å². The van der Waals surface area contributed by atoms with Gasteiger partial charge in [0.1, 0.15) is 11.7 Å². The van der Waals surface area contributed by atoms with Gasteiger partial charge in [0.15, 0.2) is 0 Å². The molecular formula is C12H15F5O2. The lowest BCUT2D eigenvalue weighted by Gasteiger charge is -2.30. The zero-order valence-electron chi connectivity index (χ0n) is 10.2. The van der Waals surface area contributed by atoms with Gasteiger partial charge in [-0.15, -0.1) is 0 Å².